The van der Waals surface area contributed by atoms with Crippen LogP contribution in [0, 0.1) is 0 Å². The Morgan fingerprint density at radius 2 is 2.00 bits per heavy atom. The third-order valence-electron chi connectivity index (χ3n) is 4.94. The number of carbonyl (C=O) groups excluding carboxylic acids is 1. The van der Waals surface area contributed by atoms with Crippen LogP contribution in [0.15, 0.2) is 28.8 Å². The Hall–Kier alpha value is -2.21. The van der Waals surface area contributed by atoms with Gasteiger partial charge in [-0.25, -0.2) is 0 Å². The molecule has 1 aromatic heterocycles. The largest absolute Gasteiger partial charge is 0.336 e. The summed E-state index contributed by atoms with van der Waals surface area (Å²) in [6, 6.07) is 7.79. The maximum Gasteiger partial charge on any atom is 0.257 e. The molecule has 1 aliphatic carbocycles. The molecular weight excluding hydrogens is 304 g/mol. The van der Waals surface area contributed by atoms with Crippen LogP contribution in [0.3, 0.4) is 0 Å². The smallest absolute Gasteiger partial charge is 0.257 e. The number of carbonyl (C=O) groups is 1. The zero-order valence-electron chi connectivity index (χ0n) is 13.8. The molecule has 2 heterocycles. The van der Waals surface area contributed by atoms with Gasteiger partial charge in [-0.1, -0.05) is 5.16 Å². The lowest BCUT2D eigenvalue weighted by Crippen LogP contribution is -2.48. The third kappa shape index (κ3) is 2.94. The van der Waals surface area contributed by atoms with Crippen LogP contribution in [0.25, 0.3) is 11.5 Å². The van der Waals surface area contributed by atoms with E-state index in [2.05, 4.69) is 17.1 Å². The van der Waals surface area contributed by atoms with Gasteiger partial charge in [-0.2, -0.15) is 4.98 Å². The first-order valence-corrected chi connectivity index (χ1v) is 8.62. The summed E-state index contributed by atoms with van der Waals surface area (Å²) in [7, 11) is 0. The lowest BCUT2D eigenvalue weighted by Gasteiger charge is -2.36. The van der Waals surface area contributed by atoms with Gasteiger partial charge in [-0.05, 0) is 56.9 Å². The molecule has 6 heteroatoms. The predicted molar refractivity (Wildman–Crippen MR) is 89.4 cm³/mol. The first kappa shape index (κ1) is 15.3. The van der Waals surface area contributed by atoms with E-state index in [-0.39, 0.29) is 18.0 Å². The fourth-order valence-electron chi connectivity index (χ4n) is 3.29. The number of piperidine rings is 1. The highest BCUT2D eigenvalue weighted by Crippen LogP contribution is 2.38. The number of benzene rings is 1. The van der Waals surface area contributed by atoms with E-state index >= 15 is 0 Å². The second kappa shape index (κ2) is 6.02. The van der Waals surface area contributed by atoms with Crippen LogP contribution in [0.4, 0.5) is 0 Å². The molecular formula is C18H22N4O2. The normalized spacial score (nSPS) is 24.2. The molecule has 2 aromatic rings. The summed E-state index contributed by atoms with van der Waals surface area (Å²) in [5.41, 5.74) is 7.51. The van der Waals surface area contributed by atoms with E-state index in [9.17, 15) is 4.79 Å². The van der Waals surface area contributed by atoms with Crippen molar-refractivity contribution < 1.29 is 9.32 Å². The average Bonchev–Trinajstić information content (AvgIpc) is 3.32. The second-order valence-electron chi connectivity index (χ2n) is 6.94. The molecule has 1 aliphatic heterocycles. The molecule has 2 N–H and O–H groups in total. The number of likely N-dealkylation sites (tertiary alicyclic amines) is 1. The van der Waals surface area contributed by atoms with Crippen LogP contribution in [0.5, 0.6) is 0 Å². The maximum absolute atomic E-state index is 12.7. The Bertz CT molecular complexity index is 736. The van der Waals surface area contributed by atoms with E-state index in [0.717, 1.165) is 43.6 Å². The predicted octanol–water partition coefficient (Wildman–Crippen LogP) is 2.57. The van der Waals surface area contributed by atoms with Crippen LogP contribution in [0.1, 0.15) is 54.7 Å². The van der Waals surface area contributed by atoms with Gasteiger partial charge in [-0.15, -0.1) is 0 Å². The SMILES string of the molecule is C[C@H]1C[C@@H](N)CCN1C(=O)c1ccc(-c2nc(C3CC3)no2)cc1. The lowest BCUT2D eigenvalue weighted by molar-refractivity contribution is 0.0619. The molecule has 2 fully saturated rings. The highest BCUT2D eigenvalue weighted by Gasteiger charge is 2.29. The van der Waals surface area contributed by atoms with E-state index in [1.807, 2.05) is 29.2 Å². The summed E-state index contributed by atoms with van der Waals surface area (Å²) in [6.07, 6.45) is 4.00. The topological polar surface area (TPSA) is 85.2 Å². The first-order chi connectivity index (χ1) is 11.6. The minimum Gasteiger partial charge on any atom is -0.336 e. The molecule has 0 bridgehead atoms. The molecule has 4 rings (SSSR count). The monoisotopic (exact) mass is 326 g/mol. The zero-order chi connectivity index (χ0) is 16.7. The molecule has 1 amide bonds. The minimum atomic E-state index is 0.0603. The second-order valence-corrected chi connectivity index (χ2v) is 6.94. The minimum absolute atomic E-state index is 0.0603. The fourth-order valence-corrected chi connectivity index (χ4v) is 3.29. The lowest BCUT2D eigenvalue weighted by atomic mass is 9.98. The van der Waals surface area contributed by atoms with Crippen molar-refractivity contribution in [2.75, 3.05) is 6.54 Å². The number of hydrogen-bond donors (Lipinski definition) is 1. The van der Waals surface area contributed by atoms with Crippen molar-refractivity contribution in [3.8, 4) is 11.5 Å². The molecule has 6 nitrogen and oxygen atoms in total. The van der Waals surface area contributed by atoms with Crippen molar-refractivity contribution in [1.82, 2.24) is 15.0 Å². The number of nitrogens with zero attached hydrogens (tertiary/aromatic N) is 3. The summed E-state index contributed by atoms with van der Waals surface area (Å²) in [5, 5.41) is 4.03. The summed E-state index contributed by atoms with van der Waals surface area (Å²) < 4.78 is 5.33. The summed E-state index contributed by atoms with van der Waals surface area (Å²) >= 11 is 0. The van der Waals surface area contributed by atoms with Crippen molar-refractivity contribution in [2.24, 2.45) is 5.73 Å². The Labute approximate surface area is 141 Å². The molecule has 0 spiro atoms. The molecule has 126 valence electrons. The Kier molecular flexibility index (Phi) is 3.84. The van der Waals surface area contributed by atoms with Gasteiger partial charge in [0.2, 0.25) is 0 Å². The van der Waals surface area contributed by atoms with Crippen molar-refractivity contribution >= 4 is 5.91 Å². The van der Waals surface area contributed by atoms with Crippen LogP contribution in [-0.4, -0.2) is 39.6 Å². The fraction of sp³-hybridized carbons (Fsp3) is 0.500. The summed E-state index contributed by atoms with van der Waals surface area (Å²) in [6.45, 7) is 2.78. The number of aromatic nitrogens is 2. The first-order valence-electron chi connectivity index (χ1n) is 8.62. The maximum atomic E-state index is 12.7. The molecule has 0 radical (unpaired) electrons. The van der Waals surface area contributed by atoms with Crippen molar-refractivity contribution in [3.05, 3.63) is 35.7 Å². The molecule has 2 atom stereocenters. The van der Waals surface area contributed by atoms with E-state index in [4.69, 9.17) is 10.3 Å². The zero-order valence-corrected chi connectivity index (χ0v) is 13.8. The molecule has 0 unspecified atom stereocenters. The quantitative estimate of drug-likeness (QED) is 0.937. The highest BCUT2D eigenvalue weighted by molar-refractivity contribution is 5.94. The van der Waals surface area contributed by atoms with E-state index in [0.29, 0.717) is 17.4 Å². The molecule has 1 saturated heterocycles. The number of rotatable bonds is 3. The van der Waals surface area contributed by atoms with Gasteiger partial charge in [0, 0.05) is 35.7 Å². The molecule has 1 aromatic carbocycles. The van der Waals surface area contributed by atoms with Gasteiger partial charge in [0.15, 0.2) is 5.82 Å². The van der Waals surface area contributed by atoms with Gasteiger partial charge < -0.3 is 15.2 Å². The van der Waals surface area contributed by atoms with Crippen LogP contribution < -0.4 is 5.73 Å². The van der Waals surface area contributed by atoms with Crippen LogP contribution in [-0.2, 0) is 0 Å². The standard InChI is InChI=1S/C18H22N4O2/c1-11-10-15(19)8-9-22(11)18(23)14-6-4-13(5-7-14)17-20-16(21-24-17)12-2-3-12/h4-7,11-12,15H,2-3,8-10,19H2,1H3/t11-,15-/m0/s1. The van der Waals surface area contributed by atoms with Crippen LogP contribution >= 0.6 is 0 Å². The Balaban J connectivity index is 1.49. The number of amides is 1. The molecule has 1 saturated carbocycles. The van der Waals surface area contributed by atoms with Crippen molar-refractivity contribution in [3.63, 3.8) is 0 Å². The highest BCUT2D eigenvalue weighted by atomic mass is 16.5. The van der Waals surface area contributed by atoms with Crippen LogP contribution in [0.2, 0.25) is 0 Å². The molecule has 24 heavy (non-hydrogen) atoms. The van der Waals surface area contributed by atoms with Gasteiger partial charge in [0.05, 0.1) is 0 Å². The van der Waals surface area contributed by atoms with E-state index in [1.165, 1.54) is 0 Å². The van der Waals surface area contributed by atoms with Gasteiger partial charge in [0.25, 0.3) is 11.8 Å². The van der Waals surface area contributed by atoms with Gasteiger partial charge in [-0.3, -0.25) is 4.79 Å². The third-order valence-corrected chi connectivity index (χ3v) is 4.94. The Morgan fingerprint density at radius 1 is 1.25 bits per heavy atom. The molecule has 2 aliphatic rings. The van der Waals surface area contributed by atoms with Gasteiger partial charge >= 0.3 is 0 Å². The number of hydrogen-bond acceptors (Lipinski definition) is 5. The Morgan fingerprint density at radius 3 is 2.67 bits per heavy atom. The summed E-state index contributed by atoms with van der Waals surface area (Å²) in [5.74, 6) is 1.84. The van der Waals surface area contributed by atoms with Crippen molar-refractivity contribution in [1.29, 1.82) is 0 Å². The van der Waals surface area contributed by atoms with E-state index < -0.39 is 0 Å². The van der Waals surface area contributed by atoms with Crippen molar-refractivity contribution in [2.45, 2.75) is 50.6 Å². The summed E-state index contributed by atoms with van der Waals surface area (Å²) in [4.78, 5) is 19.1. The average molecular weight is 326 g/mol. The number of nitrogens with two attached hydrogens (primary N) is 1. The van der Waals surface area contributed by atoms with E-state index in [1.54, 1.807) is 0 Å². The van der Waals surface area contributed by atoms with Gasteiger partial charge in [0.1, 0.15) is 0 Å².